The van der Waals surface area contributed by atoms with Crippen LogP contribution in [0.3, 0.4) is 0 Å². The van der Waals surface area contributed by atoms with Gasteiger partial charge in [-0.2, -0.15) is 0 Å². The Hall–Kier alpha value is -2.28. The molecule has 0 aliphatic carbocycles. The molecule has 1 heterocycles. The third-order valence-corrected chi connectivity index (χ3v) is 3.91. The fourth-order valence-corrected chi connectivity index (χ4v) is 2.50. The van der Waals surface area contributed by atoms with E-state index < -0.39 is 5.91 Å². The third kappa shape index (κ3) is 6.26. The number of nitrogens with one attached hydrogen (secondary N) is 3. The number of nitrogens with two attached hydrogens (primary N) is 1. The van der Waals surface area contributed by atoms with Crippen molar-refractivity contribution in [1.29, 1.82) is 5.41 Å². The van der Waals surface area contributed by atoms with E-state index in [2.05, 4.69) is 24.5 Å². The number of carbonyl (C=O) groups excluding carboxylic acids is 1. The van der Waals surface area contributed by atoms with Gasteiger partial charge in [0.15, 0.2) is 5.96 Å². The Labute approximate surface area is 148 Å². The van der Waals surface area contributed by atoms with Crippen LogP contribution in [0.25, 0.3) is 0 Å². The van der Waals surface area contributed by atoms with Gasteiger partial charge in [-0.05, 0) is 43.4 Å². The summed E-state index contributed by atoms with van der Waals surface area (Å²) in [4.78, 5) is 11.4. The quantitative estimate of drug-likeness (QED) is 0.447. The number of carbonyl (C=O) groups is 1. The van der Waals surface area contributed by atoms with Crippen LogP contribution >= 0.6 is 0 Å². The van der Waals surface area contributed by atoms with Crippen LogP contribution in [-0.2, 0) is 4.74 Å². The minimum absolute atomic E-state index is 0.0531. The molecule has 0 aromatic heterocycles. The highest BCUT2D eigenvalue weighted by atomic mass is 16.5. The van der Waals surface area contributed by atoms with E-state index in [-0.39, 0.29) is 12.1 Å². The van der Waals surface area contributed by atoms with E-state index in [0.717, 1.165) is 25.9 Å². The molecule has 1 amide bonds. The molecule has 7 nitrogen and oxygen atoms in total. The van der Waals surface area contributed by atoms with Crippen molar-refractivity contribution in [1.82, 2.24) is 5.32 Å². The molecule has 0 bridgehead atoms. The molecule has 1 aromatic carbocycles. The fraction of sp³-hybridized carbons (Fsp3) is 0.556. The molecule has 1 unspecified atom stereocenters. The van der Waals surface area contributed by atoms with E-state index in [1.54, 1.807) is 18.2 Å². The molecular weight excluding hydrogens is 320 g/mol. The third-order valence-electron chi connectivity index (χ3n) is 3.91. The number of rotatable bonds is 7. The Morgan fingerprint density at radius 2 is 2.24 bits per heavy atom. The maximum Gasteiger partial charge on any atom is 0.248 e. The number of ether oxygens (including phenoxy) is 2. The molecular formula is C18H28N4O3. The van der Waals surface area contributed by atoms with Crippen molar-refractivity contribution in [3.63, 3.8) is 0 Å². The summed E-state index contributed by atoms with van der Waals surface area (Å²) in [7, 11) is 0. The minimum atomic E-state index is -0.515. The first-order valence-corrected chi connectivity index (χ1v) is 8.73. The smallest absolute Gasteiger partial charge is 0.248 e. The zero-order valence-corrected chi connectivity index (χ0v) is 14.9. The van der Waals surface area contributed by atoms with E-state index in [1.165, 1.54) is 0 Å². The Morgan fingerprint density at radius 1 is 1.44 bits per heavy atom. The molecule has 7 heteroatoms. The highest BCUT2D eigenvalue weighted by Crippen LogP contribution is 2.27. The van der Waals surface area contributed by atoms with Gasteiger partial charge in [0.25, 0.3) is 0 Å². The van der Waals surface area contributed by atoms with Crippen LogP contribution in [0.15, 0.2) is 18.2 Å². The van der Waals surface area contributed by atoms with Gasteiger partial charge in [0.1, 0.15) is 12.4 Å². The second-order valence-electron chi connectivity index (χ2n) is 6.65. The average Bonchev–Trinajstić information content (AvgIpc) is 2.59. The molecule has 0 spiro atoms. The molecule has 1 atom stereocenters. The SMILES string of the molecule is CC(C)CNC(=N)Nc1ccc(C(N)=O)cc1OCC1CCCCO1. The zero-order chi connectivity index (χ0) is 18.2. The minimum Gasteiger partial charge on any atom is -0.489 e. The van der Waals surface area contributed by atoms with E-state index in [9.17, 15) is 4.79 Å². The number of anilines is 1. The van der Waals surface area contributed by atoms with Gasteiger partial charge in [-0.1, -0.05) is 13.8 Å². The van der Waals surface area contributed by atoms with E-state index >= 15 is 0 Å². The summed E-state index contributed by atoms with van der Waals surface area (Å²) in [5.41, 5.74) is 6.34. The summed E-state index contributed by atoms with van der Waals surface area (Å²) in [5, 5.41) is 14.0. The molecule has 2 rings (SSSR count). The summed E-state index contributed by atoms with van der Waals surface area (Å²) < 4.78 is 11.5. The number of hydrogen-bond donors (Lipinski definition) is 4. The lowest BCUT2D eigenvalue weighted by molar-refractivity contribution is -0.0109. The van der Waals surface area contributed by atoms with Crippen molar-refractivity contribution in [2.45, 2.75) is 39.2 Å². The predicted octanol–water partition coefficient (Wildman–Crippen LogP) is 2.33. The first kappa shape index (κ1) is 19.1. The number of amides is 1. The van der Waals surface area contributed by atoms with E-state index in [4.69, 9.17) is 20.6 Å². The normalized spacial score (nSPS) is 17.2. The van der Waals surface area contributed by atoms with Crippen molar-refractivity contribution >= 4 is 17.6 Å². The molecule has 1 fully saturated rings. The Kier molecular flexibility index (Phi) is 7.06. The van der Waals surface area contributed by atoms with E-state index in [0.29, 0.717) is 36.1 Å². The second-order valence-corrected chi connectivity index (χ2v) is 6.65. The van der Waals surface area contributed by atoms with Crippen molar-refractivity contribution in [2.75, 3.05) is 25.1 Å². The maximum atomic E-state index is 11.4. The lowest BCUT2D eigenvalue weighted by Gasteiger charge is -2.23. The summed E-state index contributed by atoms with van der Waals surface area (Å²) >= 11 is 0. The van der Waals surface area contributed by atoms with Gasteiger partial charge in [0, 0.05) is 18.7 Å². The highest BCUT2D eigenvalue weighted by Gasteiger charge is 2.16. The standard InChI is InChI=1S/C18H28N4O3/c1-12(2)10-21-18(20)22-15-7-6-13(17(19)23)9-16(15)25-11-14-5-3-4-8-24-14/h6-7,9,12,14H,3-5,8,10-11H2,1-2H3,(H2,19,23)(H3,20,21,22). The largest absolute Gasteiger partial charge is 0.489 e. The van der Waals surface area contributed by atoms with Gasteiger partial charge < -0.3 is 25.8 Å². The summed E-state index contributed by atoms with van der Waals surface area (Å²) in [6.45, 7) is 5.99. The molecule has 5 N–H and O–H groups in total. The summed E-state index contributed by atoms with van der Waals surface area (Å²) in [6, 6.07) is 4.91. The van der Waals surface area contributed by atoms with Crippen molar-refractivity contribution in [2.24, 2.45) is 11.7 Å². The second kappa shape index (κ2) is 9.27. The van der Waals surface area contributed by atoms with Crippen LogP contribution in [-0.4, -0.2) is 37.7 Å². The molecule has 1 saturated heterocycles. The van der Waals surface area contributed by atoms with Gasteiger partial charge >= 0.3 is 0 Å². The number of benzene rings is 1. The first-order valence-electron chi connectivity index (χ1n) is 8.73. The monoisotopic (exact) mass is 348 g/mol. The Balaban J connectivity index is 2.05. The van der Waals surface area contributed by atoms with Gasteiger partial charge in [-0.15, -0.1) is 0 Å². The first-order chi connectivity index (χ1) is 12.0. The Bertz CT molecular complexity index is 598. The average molecular weight is 348 g/mol. The number of guanidine groups is 1. The zero-order valence-electron chi connectivity index (χ0n) is 14.9. The summed E-state index contributed by atoms with van der Waals surface area (Å²) in [5.74, 6) is 0.581. The topological polar surface area (TPSA) is 109 Å². The summed E-state index contributed by atoms with van der Waals surface area (Å²) in [6.07, 6.45) is 3.23. The lowest BCUT2D eigenvalue weighted by atomic mass is 10.1. The predicted molar refractivity (Wildman–Crippen MR) is 98.2 cm³/mol. The van der Waals surface area contributed by atoms with Gasteiger partial charge in [-0.3, -0.25) is 10.2 Å². The van der Waals surface area contributed by atoms with Crippen LogP contribution in [0.1, 0.15) is 43.5 Å². The van der Waals surface area contributed by atoms with Crippen molar-refractivity contribution < 1.29 is 14.3 Å². The molecule has 0 radical (unpaired) electrons. The Morgan fingerprint density at radius 3 is 2.88 bits per heavy atom. The van der Waals surface area contributed by atoms with Crippen LogP contribution in [0.5, 0.6) is 5.75 Å². The van der Waals surface area contributed by atoms with Crippen molar-refractivity contribution in [3.05, 3.63) is 23.8 Å². The lowest BCUT2D eigenvalue weighted by Crippen LogP contribution is -2.32. The van der Waals surface area contributed by atoms with Crippen molar-refractivity contribution in [3.8, 4) is 5.75 Å². The fourth-order valence-electron chi connectivity index (χ4n) is 2.50. The van der Waals surface area contributed by atoms with Crippen LogP contribution in [0.2, 0.25) is 0 Å². The molecule has 1 aromatic rings. The molecule has 0 saturated carbocycles. The highest BCUT2D eigenvalue weighted by molar-refractivity contribution is 5.96. The van der Waals surface area contributed by atoms with Gasteiger partial charge in [0.2, 0.25) is 5.91 Å². The van der Waals surface area contributed by atoms with Crippen LogP contribution in [0.4, 0.5) is 5.69 Å². The maximum absolute atomic E-state index is 11.4. The molecule has 1 aliphatic rings. The molecule has 1 aliphatic heterocycles. The van der Waals surface area contributed by atoms with E-state index in [1.807, 2.05) is 0 Å². The van der Waals surface area contributed by atoms with Gasteiger partial charge in [-0.25, -0.2) is 0 Å². The number of hydrogen-bond acceptors (Lipinski definition) is 4. The van der Waals surface area contributed by atoms with Gasteiger partial charge in [0.05, 0.1) is 11.8 Å². The van der Waals surface area contributed by atoms with Crippen LogP contribution < -0.4 is 21.1 Å². The molecule has 138 valence electrons. The number of primary amides is 1. The van der Waals surface area contributed by atoms with Crippen LogP contribution in [0, 0.1) is 11.3 Å². The molecule has 25 heavy (non-hydrogen) atoms.